The number of fused-ring (bicyclic) bond motifs is 3. The summed E-state index contributed by atoms with van der Waals surface area (Å²) in [4.78, 5) is 0. The lowest BCUT2D eigenvalue weighted by atomic mass is 9.65. The van der Waals surface area contributed by atoms with Crippen LogP contribution in [-0.4, -0.2) is 7.11 Å². The van der Waals surface area contributed by atoms with Gasteiger partial charge in [0, 0.05) is 5.39 Å². The molecule has 3 spiro atoms. The third-order valence-corrected chi connectivity index (χ3v) is 10.3. The molecule has 0 radical (unpaired) electrons. The molecule has 10 rings (SSSR count). The van der Waals surface area contributed by atoms with Crippen molar-refractivity contribution in [3.63, 3.8) is 0 Å². The summed E-state index contributed by atoms with van der Waals surface area (Å²) in [6.07, 6.45) is 0. The second-order valence-corrected chi connectivity index (χ2v) is 11.1. The van der Waals surface area contributed by atoms with Crippen LogP contribution in [0.5, 0.6) is 5.75 Å². The molecule has 1 saturated carbocycles. The van der Waals surface area contributed by atoms with Gasteiger partial charge in [-0.2, -0.15) is 0 Å². The first-order chi connectivity index (χ1) is 18.3. The van der Waals surface area contributed by atoms with Crippen molar-refractivity contribution in [3.05, 3.63) is 149 Å². The quantitative estimate of drug-likeness (QED) is 0.237. The van der Waals surface area contributed by atoms with E-state index in [4.69, 9.17) is 4.74 Å². The predicted molar refractivity (Wildman–Crippen MR) is 149 cm³/mol. The van der Waals surface area contributed by atoms with Crippen molar-refractivity contribution in [2.75, 3.05) is 7.11 Å². The molecule has 1 heteroatoms. The van der Waals surface area contributed by atoms with E-state index >= 15 is 0 Å². The van der Waals surface area contributed by atoms with Crippen LogP contribution in [-0.2, 0) is 16.2 Å². The minimum atomic E-state index is -0.194. The molecule has 3 unspecified atom stereocenters. The first-order valence-corrected chi connectivity index (χ1v) is 13.2. The summed E-state index contributed by atoms with van der Waals surface area (Å²) >= 11 is 0. The van der Waals surface area contributed by atoms with E-state index in [1.165, 1.54) is 66.1 Å². The molecule has 6 aromatic carbocycles. The van der Waals surface area contributed by atoms with E-state index in [2.05, 4.69) is 115 Å². The summed E-state index contributed by atoms with van der Waals surface area (Å²) in [7, 11) is 1.79. The van der Waals surface area contributed by atoms with Crippen LogP contribution in [0, 0.1) is 0 Å². The topological polar surface area (TPSA) is 9.23 Å². The van der Waals surface area contributed by atoms with Crippen LogP contribution < -0.4 is 4.74 Å². The molecule has 4 aliphatic rings. The van der Waals surface area contributed by atoms with E-state index in [-0.39, 0.29) is 16.2 Å². The number of benzene rings is 6. The summed E-state index contributed by atoms with van der Waals surface area (Å²) in [6, 6.07) is 43.9. The summed E-state index contributed by atoms with van der Waals surface area (Å²) in [5, 5.41) is 5.40. The fraction of sp³-hybridized carbons (Fsp3) is 0.111. The normalized spacial score (nSPS) is 26.3. The van der Waals surface area contributed by atoms with Crippen LogP contribution in [0.25, 0.3) is 32.7 Å². The summed E-state index contributed by atoms with van der Waals surface area (Å²) in [6.45, 7) is 0. The maximum Gasteiger partial charge on any atom is 0.126 e. The Labute approximate surface area is 215 Å². The lowest BCUT2D eigenvalue weighted by Crippen LogP contribution is -2.30. The third kappa shape index (κ3) is 1.51. The van der Waals surface area contributed by atoms with Crippen molar-refractivity contribution in [3.8, 4) is 16.9 Å². The van der Waals surface area contributed by atoms with Gasteiger partial charge in [0.1, 0.15) is 5.75 Å². The molecule has 1 fully saturated rings. The summed E-state index contributed by atoms with van der Waals surface area (Å²) in [5.74, 6) is 0.957. The highest BCUT2D eigenvalue weighted by molar-refractivity contribution is 6.14. The highest BCUT2D eigenvalue weighted by Gasteiger charge is 2.95. The zero-order valence-electron chi connectivity index (χ0n) is 20.4. The highest BCUT2D eigenvalue weighted by atomic mass is 16.5. The molecule has 0 N–H and O–H groups in total. The van der Waals surface area contributed by atoms with Crippen LogP contribution in [0.15, 0.2) is 115 Å². The molecule has 4 aliphatic carbocycles. The molecule has 37 heavy (non-hydrogen) atoms. The maximum absolute atomic E-state index is 5.90. The Morgan fingerprint density at radius 1 is 0.432 bits per heavy atom. The molecule has 0 heterocycles. The molecule has 0 amide bonds. The number of ether oxygens (including phenoxy) is 1. The Morgan fingerprint density at radius 3 is 1.54 bits per heavy atom. The minimum Gasteiger partial charge on any atom is -0.496 e. The van der Waals surface area contributed by atoms with E-state index in [0.717, 1.165) is 5.75 Å². The number of hydrogen-bond donors (Lipinski definition) is 0. The molecule has 0 aliphatic heterocycles. The highest BCUT2D eigenvalue weighted by Crippen LogP contribution is 2.94. The number of rotatable bonds is 1. The van der Waals surface area contributed by atoms with Gasteiger partial charge in [0.05, 0.1) is 23.4 Å². The number of methoxy groups -OCH3 is 1. The number of hydrogen-bond acceptors (Lipinski definition) is 1. The van der Waals surface area contributed by atoms with Crippen molar-refractivity contribution >= 4 is 21.5 Å². The first-order valence-electron chi connectivity index (χ1n) is 13.2. The first kappa shape index (κ1) is 18.8. The molecule has 0 saturated heterocycles. The van der Waals surface area contributed by atoms with Gasteiger partial charge >= 0.3 is 0 Å². The lowest BCUT2D eigenvalue weighted by Gasteiger charge is -2.36. The van der Waals surface area contributed by atoms with Crippen LogP contribution in [0.1, 0.15) is 33.4 Å². The lowest BCUT2D eigenvalue weighted by molar-refractivity contribution is 0.419. The van der Waals surface area contributed by atoms with Crippen molar-refractivity contribution in [1.82, 2.24) is 0 Å². The Hall–Kier alpha value is -4.36. The Morgan fingerprint density at radius 2 is 0.919 bits per heavy atom. The molecule has 0 aromatic heterocycles. The smallest absolute Gasteiger partial charge is 0.126 e. The largest absolute Gasteiger partial charge is 0.496 e. The average molecular weight is 471 g/mol. The third-order valence-electron chi connectivity index (χ3n) is 10.3. The van der Waals surface area contributed by atoms with Gasteiger partial charge in [-0.25, -0.2) is 0 Å². The fourth-order valence-corrected chi connectivity index (χ4v) is 9.66. The van der Waals surface area contributed by atoms with E-state index < -0.39 is 0 Å². The second-order valence-electron chi connectivity index (χ2n) is 11.1. The minimum absolute atomic E-state index is 0.177. The molecule has 6 aromatic rings. The van der Waals surface area contributed by atoms with Crippen LogP contribution in [0.3, 0.4) is 0 Å². The van der Waals surface area contributed by atoms with E-state index in [1.807, 2.05) is 0 Å². The van der Waals surface area contributed by atoms with E-state index in [0.29, 0.717) is 0 Å². The van der Waals surface area contributed by atoms with Crippen molar-refractivity contribution in [2.24, 2.45) is 0 Å². The van der Waals surface area contributed by atoms with Crippen molar-refractivity contribution in [1.29, 1.82) is 0 Å². The van der Waals surface area contributed by atoms with E-state index in [9.17, 15) is 0 Å². The monoisotopic (exact) mass is 470 g/mol. The molecular weight excluding hydrogens is 448 g/mol. The van der Waals surface area contributed by atoms with Crippen LogP contribution in [0.2, 0.25) is 0 Å². The Kier molecular flexibility index (Phi) is 2.87. The Bertz CT molecular complexity index is 2050. The van der Waals surface area contributed by atoms with Gasteiger partial charge in [-0.05, 0) is 66.7 Å². The zero-order chi connectivity index (χ0) is 24.1. The second kappa shape index (κ2) is 5.63. The van der Waals surface area contributed by atoms with Gasteiger partial charge in [-0.3, -0.25) is 0 Å². The zero-order valence-corrected chi connectivity index (χ0v) is 20.4. The van der Waals surface area contributed by atoms with Gasteiger partial charge in [0.15, 0.2) is 0 Å². The fourth-order valence-electron chi connectivity index (χ4n) is 9.66. The van der Waals surface area contributed by atoms with Gasteiger partial charge in [0.25, 0.3) is 0 Å². The van der Waals surface area contributed by atoms with Gasteiger partial charge < -0.3 is 4.74 Å². The average Bonchev–Trinajstić information content (AvgIpc) is 3.32. The Balaban J connectivity index is 1.53. The van der Waals surface area contributed by atoms with Gasteiger partial charge in [-0.15, -0.1) is 0 Å². The molecule has 172 valence electrons. The molecule has 0 bridgehead atoms. The van der Waals surface area contributed by atoms with Crippen molar-refractivity contribution < 1.29 is 4.74 Å². The molecule has 3 atom stereocenters. The van der Waals surface area contributed by atoms with Crippen molar-refractivity contribution in [2.45, 2.75) is 16.2 Å². The molecule has 1 nitrogen and oxygen atoms in total. The summed E-state index contributed by atoms with van der Waals surface area (Å²) in [5.41, 5.74) is 11.0. The van der Waals surface area contributed by atoms with E-state index in [1.54, 1.807) is 7.11 Å². The van der Waals surface area contributed by atoms with Crippen LogP contribution in [0.4, 0.5) is 0 Å². The predicted octanol–water partition coefficient (Wildman–Crippen LogP) is 7.88. The summed E-state index contributed by atoms with van der Waals surface area (Å²) < 4.78 is 5.90. The molecular formula is C36H22O. The van der Waals surface area contributed by atoms with Crippen LogP contribution >= 0.6 is 0 Å². The van der Waals surface area contributed by atoms with Gasteiger partial charge in [0.2, 0.25) is 0 Å². The standard InChI is InChI=1S/C36H22O/c1-37-31-20-19-30-33-24(31)13-8-18-29(33)36-28-17-7-10-21-9-6-16-27(32(21)28)34(36)25-14-4-2-11-22(25)23-12-3-5-15-26(23)35(30,34)36/h2-20H,1H3. The SMILES string of the molecule is COc1ccc2c3c(cccc13)C13c4cccc5cccc(c45)C14c1ccccc1-c1ccccc1C243. The van der Waals surface area contributed by atoms with Gasteiger partial charge in [-0.1, -0.05) is 109 Å². The maximum atomic E-state index is 5.90.